The minimum Gasteiger partial charge on any atom is -0.480 e. The SMILES string of the molecule is COCCCC(Nc1ccc(Br)cc1C#N)C(=O)O. The Hall–Kier alpha value is -1.58. The van der Waals surface area contributed by atoms with Crippen LogP contribution in [0.4, 0.5) is 5.69 Å². The molecule has 0 aromatic heterocycles. The Labute approximate surface area is 120 Å². The van der Waals surface area contributed by atoms with Gasteiger partial charge < -0.3 is 15.2 Å². The lowest BCUT2D eigenvalue weighted by Gasteiger charge is -2.16. The van der Waals surface area contributed by atoms with Crippen LogP contribution >= 0.6 is 15.9 Å². The molecule has 102 valence electrons. The van der Waals surface area contributed by atoms with Gasteiger partial charge in [0.25, 0.3) is 0 Å². The zero-order chi connectivity index (χ0) is 14.3. The van der Waals surface area contributed by atoms with Crippen molar-refractivity contribution < 1.29 is 14.6 Å². The average molecular weight is 327 g/mol. The zero-order valence-corrected chi connectivity index (χ0v) is 12.1. The molecule has 0 aliphatic heterocycles. The maximum atomic E-state index is 11.2. The minimum absolute atomic E-state index is 0.410. The van der Waals surface area contributed by atoms with E-state index in [2.05, 4.69) is 21.2 Å². The quantitative estimate of drug-likeness (QED) is 0.752. The fourth-order valence-electron chi connectivity index (χ4n) is 1.61. The molecule has 0 spiro atoms. The lowest BCUT2D eigenvalue weighted by molar-refractivity contribution is -0.138. The molecule has 0 saturated heterocycles. The normalized spacial score (nSPS) is 11.6. The summed E-state index contributed by atoms with van der Waals surface area (Å²) < 4.78 is 5.68. The molecule has 1 aromatic carbocycles. The molecule has 1 unspecified atom stereocenters. The molecule has 0 radical (unpaired) electrons. The Morgan fingerprint density at radius 2 is 2.37 bits per heavy atom. The number of aliphatic carboxylic acids is 1. The number of halogens is 1. The Bertz CT molecular complexity index is 485. The summed E-state index contributed by atoms with van der Waals surface area (Å²) in [5, 5.41) is 21.1. The predicted octanol–water partition coefficient (Wildman–Crippen LogP) is 2.61. The van der Waals surface area contributed by atoms with Crippen LogP contribution in [0.3, 0.4) is 0 Å². The number of carbonyl (C=O) groups is 1. The van der Waals surface area contributed by atoms with Gasteiger partial charge in [-0.15, -0.1) is 0 Å². The van der Waals surface area contributed by atoms with Crippen molar-refractivity contribution in [1.29, 1.82) is 5.26 Å². The zero-order valence-electron chi connectivity index (χ0n) is 10.5. The van der Waals surface area contributed by atoms with Gasteiger partial charge in [0.2, 0.25) is 0 Å². The molecule has 0 saturated carbocycles. The average Bonchev–Trinajstić information content (AvgIpc) is 2.39. The minimum atomic E-state index is -0.942. The number of carboxylic acids is 1. The molecule has 0 aliphatic carbocycles. The van der Waals surface area contributed by atoms with Crippen molar-refractivity contribution in [2.75, 3.05) is 19.0 Å². The number of carboxylic acid groups (broad SMARTS) is 1. The van der Waals surface area contributed by atoms with Crippen LogP contribution in [0.1, 0.15) is 18.4 Å². The van der Waals surface area contributed by atoms with Gasteiger partial charge in [0.05, 0.1) is 11.3 Å². The molecule has 2 N–H and O–H groups in total. The number of hydrogen-bond donors (Lipinski definition) is 2. The van der Waals surface area contributed by atoms with E-state index in [0.717, 1.165) is 4.47 Å². The number of ether oxygens (including phenoxy) is 1. The lowest BCUT2D eigenvalue weighted by Crippen LogP contribution is -2.29. The Balaban J connectivity index is 2.79. The molecule has 19 heavy (non-hydrogen) atoms. The third-order valence-corrected chi connectivity index (χ3v) is 3.06. The van der Waals surface area contributed by atoms with Crippen molar-refractivity contribution >= 4 is 27.6 Å². The standard InChI is InChI=1S/C13H15BrN2O3/c1-19-6-2-3-12(13(17)18)16-11-5-4-10(14)7-9(11)8-15/h4-5,7,12,16H,2-3,6H2,1H3,(H,17,18). The van der Waals surface area contributed by atoms with Gasteiger partial charge in [0, 0.05) is 18.2 Å². The number of methoxy groups -OCH3 is 1. The molecule has 5 nitrogen and oxygen atoms in total. The molecule has 6 heteroatoms. The molecule has 0 heterocycles. The van der Waals surface area contributed by atoms with Crippen molar-refractivity contribution in [1.82, 2.24) is 0 Å². The second kappa shape index (κ2) is 7.77. The van der Waals surface area contributed by atoms with Gasteiger partial charge in [-0.3, -0.25) is 0 Å². The second-order valence-electron chi connectivity index (χ2n) is 3.97. The monoisotopic (exact) mass is 326 g/mol. The van der Waals surface area contributed by atoms with E-state index in [1.54, 1.807) is 25.3 Å². The lowest BCUT2D eigenvalue weighted by atomic mass is 10.1. The molecule has 0 amide bonds. The van der Waals surface area contributed by atoms with E-state index >= 15 is 0 Å². The molecule has 1 rings (SSSR count). The summed E-state index contributed by atoms with van der Waals surface area (Å²) in [5.74, 6) is -0.942. The summed E-state index contributed by atoms with van der Waals surface area (Å²) >= 11 is 3.27. The summed E-state index contributed by atoms with van der Waals surface area (Å²) in [6, 6.07) is 6.40. The highest BCUT2D eigenvalue weighted by Gasteiger charge is 2.18. The fraction of sp³-hybridized carbons (Fsp3) is 0.385. The van der Waals surface area contributed by atoms with Crippen LogP contribution in [0.5, 0.6) is 0 Å². The highest BCUT2D eigenvalue weighted by molar-refractivity contribution is 9.10. The maximum Gasteiger partial charge on any atom is 0.326 e. The van der Waals surface area contributed by atoms with E-state index in [1.165, 1.54) is 0 Å². The Morgan fingerprint density at radius 3 is 2.95 bits per heavy atom. The number of hydrogen-bond acceptors (Lipinski definition) is 4. The summed E-state index contributed by atoms with van der Waals surface area (Å²) in [6.45, 7) is 0.511. The van der Waals surface area contributed by atoms with Crippen LogP contribution in [0.2, 0.25) is 0 Å². The van der Waals surface area contributed by atoms with Crippen LogP contribution in [0, 0.1) is 11.3 Å². The van der Waals surface area contributed by atoms with Crippen LogP contribution in [0.15, 0.2) is 22.7 Å². The van der Waals surface area contributed by atoms with Crippen LogP contribution in [-0.2, 0) is 9.53 Å². The number of rotatable bonds is 7. The number of nitrogens with one attached hydrogen (secondary N) is 1. The number of nitrogens with zero attached hydrogens (tertiary/aromatic N) is 1. The van der Waals surface area contributed by atoms with Gasteiger partial charge in [-0.2, -0.15) is 5.26 Å². The maximum absolute atomic E-state index is 11.2. The molecule has 0 fully saturated rings. The van der Waals surface area contributed by atoms with E-state index in [4.69, 9.17) is 15.1 Å². The molecule has 0 bridgehead atoms. The van der Waals surface area contributed by atoms with Gasteiger partial charge in [-0.05, 0) is 31.0 Å². The van der Waals surface area contributed by atoms with Crippen LogP contribution in [0.25, 0.3) is 0 Å². The van der Waals surface area contributed by atoms with Crippen molar-refractivity contribution in [3.05, 3.63) is 28.2 Å². The first-order chi connectivity index (χ1) is 9.08. The highest BCUT2D eigenvalue weighted by atomic mass is 79.9. The Morgan fingerprint density at radius 1 is 1.63 bits per heavy atom. The Kier molecular flexibility index (Phi) is 6.33. The summed E-state index contributed by atoms with van der Waals surface area (Å²) in [4.78, 5) is 11.2. The highest BCUT2D eigenvalue weighted by Crippen LogP contribution is 2.21. The smallest absolute Gasteiger partial charge is 0.326 e. The van der Waals surface area contributed by atoms with Crippen molar-refractivity contribution in [3.63, 3.8) is 0 Å². The van der Waals surface area contributed by atoms with Crippen molar-refractivity contribution in [2.45, 2.75) is 18.9 Å². The second-order valence-corrected chi connectivity index (χ2v) is 4.89. The largest absolute Gasteiger partial charge is 0.480 e. The van der Waals surface area contributed by atoms with E-state index in [1.807, 2.05) is 6.07 Å². The first kappa shape index (κ1) is 15.5. The van der Waals surface area contributed by atoms with Gasteiger partial charge in [0.1, 0.15) is 12.1 Å². The molecule has 1 aromatic rings. The number of anilines is 1. The summed E-state index contributed by atoms with van der Waals surface area (Å²) in [5.41, 5.74) is 0.933. The van der Waals surface area contributed by atoms with Crippen LogP contribution in [-0.4, -0.2) is 30.8 Å². The van der Waals surface area contributed by atoms with E-state index < -0.39 is 12.0 Å². The third-order valence-electron chi connectivity index (χ3n) is 2.57. The molecular weight excluding hydrogens is 312 g/mol. The van der Waals surface area contributed by atoms with Crippen LogP contribution < -0.4 is 5.32 Å². The van der Waals surface area contributed by atoms with E-state index in [9.17, 15) is 4.79 Å². The van der Waals surface area contributed by atoms with E-state index in [-0.39, 0.29) is 0 Å². The number of benzene rings is 1. The fourth-order valence-corrected chi connectivity index (χ4v) is 1.97. The van der Waals surface area contributed by atoms with Gasteiger partial charge >= 0.3 is 5.97 Å². The predicted molar refractivity (Wildman–Crippen MR) is 75.0 cm³/mol. The first-order valence-electron chi connectivity index (χ1n) is 5.76. The summed E-state index contributed by atoms with van der Waals surface area (Å²) in [7, 11) is 1.58. The number of nitriles is 1. The third kappa shape index (κ3) is 4.89. The topological polar surface area (TPSA) is 82.3 Å². The van der Waals surface area contributed by atoms with Crippen molar-refractivity contribution in [2.24, 2.45) is 0 Å². The molecular formula is C13H15BrN2O3. The van der Waals surface area contributed by atoms with E-state index in [0.29, 0.717) is 30.7 Å². The van der Waals surface area contributed by atoms with Crippen molar-refractivity contribution in [3.8, 4) is 6.07 Å². The summed E-state index contributed by atoms with van der Waals surface area (Å²) in [6.07, 6.45) is 1.07. The first-order valence-corrected chi connectivity index (χ1v) is 6.55. The van der Waals surface area contributed by atoms with Gasteiger partial charge in [0.15, 0.2) is 0 Å². The van der Waals surface area contributed by atoms with Gasteiger partial charge in [-0.1, -0.05) is 15.9 Å². The molecule has 0 aliphatic rings. The molecule has 1 atom stereocenters. The van der Waals surface area contributed by atoms with Gasteiger partial charge in [-0.25, -0.2) is 4.79 Å².